The molecule has 0 aliphatic heterocycles. The summed E-state index contributed by atoms with van der Waals surface area (Å²) in [5.41, 5.74) is 17.5. The highest BCUT2D eigenvalue weighted by molar-refractivity contribution is 5.97. The topological polar surface area (TPSA) is 392 Å². The zero-order chi connectivity index (χ0) is 49.7. The van der Waals surface area contributed by atoms with Gasteiger partial charge in [0.25, 0.3) is 0 Å². The lowest BCUT2D eigenvalue weighted by Crippen LogP contribution is -2.63. The maximum atomic E-state index is 13.9. The molecule has 0 bridgehead atoms. The number of hydrogen-bond donors (Lipinski definition) is 14. The predicted molar refractivity (Wildman–Crippen MR) is 239 cm³/mol. The lowest BCUT2D eigenvalue weighted by atomic mass is 9.95. The largest absolute Gasteiger partial charge is 0.508 e. The van der Waals surface area contributed by atoms with Crippen LogP contribution in [0.2, 0.25) is 0 Å². The van der Waals surface area contributed by atoms with Gasteiger partial charge in [0.1, 0.15) is 42.0 Å². The van der Waals surface area contributed by atoms with E-state index in [0.29, 0.717) is 18.4 Å². The summed E-state index contributed by atoms with van der Waals surface area (Å²) >= 11 is 0. The number of carboxylic acid groups (broad SMARTS) is 1. The summed E-state index contributed by atoms with van der Waals surface area (Å²) in [6.07, 6.45) is -2.17. The van der Waals surface area contributed by atoms with E-state index in [0.717, 1.165) is 0 Å². The highest BCUT2D eigenvalue weighted by atomic mass is 16.4. The van der Waals surface area contributed by atoms with Crippen molar-refractivity contribution in [2.75, 3.05) is 13.1 Å². The van der Waals surface area contributed by atoms with E-state index >= 15 is 0 Å². The van der Waals surface area contributed by atoms with Crippen LogP contribution in [-0.4, -0.2) is 141 Å². The monoisotopic (exact) mass is 922 g/mol. The highest BCUT2D eigenvalue weighted by Crippen LogP contribution is 2.14. The minimum atomic E-state index is -1.69. The number of carbonyl (C=O) groups excluding carboxylic acids is 7. The lowest BCUT2D eigenvalue weighted by Gasteiger charge is -2.31. The molecule has 0 unspecified atom stereocenters. The molecule has 0 radical (unpaired) electrons. The number of phenols is 1. The first kappa shape index (κ1) is 56.9. The standard InChI is InChI=1S/C42H71N11O12/c1-9-21(5)31(37(60)48-28(12-11-17-46-42(44)45)36(59)47-19-29(57)49-30(20(3)4)41(64)65)50-40(63)34(24(8)55)53-38(61)32(22(6)10-2)51-39(62)33(23(7)54)52-35(58)27(43)18-25-13-15-26(56)16-14-25/h13-16,20-24,27-28,30-34,54-56H,9-12,17-19,43H2,1-8H3,(H,47,59)(H,48,60)(H,49,57)(H,50,63)(H,51,62)(H,52,58)(H,53,61)(H,64,65)(H4,44,45,46)/t21-,22-,23+,24+,27-,28-,30-,31-,32-,33-,34-/m0/s1. The number of nitrogens with one attached hydrogen (secondary N) is 7. The van der Waals surface area contributed by atoms with Gasteiger partial charge in [-0.3, -0.25) is 38.6 Å². The van der Waals surface area contributed by atoms with E-state index in [9.17, 15) is 58.8 Å². The van der Waals surface area contributed by atoms with Crippen LogP contribution in [0.5, 0.6) is 5.75 Å². The number of benzene rings is 1. The molecule has 65 heavy (non-hydrogen) atoms. The molecule has 1 aromatic rings. The number of aliphatic hydroxyl groups excluding tert-OH is 2. The number of rotatable bonds is 28. The number of hydrogen-bond acceptors (Lipinski definition) is 13. The average molecular weight is 922 g/mol. The van der Waals surface area contributed by atoms with Crippen LogP contribution in [0.1, 0.15) is 86.6 Å². The van der Waals surface area contributed by atoms with Crippen LogP contribution in [0.4, 0.5) is 0 Å². The van der Waals surface area contributed by atoms with Crippen LogP contribution in [0.15, 0.2) is 29.3 Å². The van der Waals surface area contributed by atoms with Crippen molar-refractivity contribution in [3.05, 3.63) is 29.8 Å². The molecule has 366 valence electrons. The summed E-state index contributed by atoms with van der Waals surface area (Å²) in [5, 5.41) is 57.5. The van der Waals surface area contributed by atoms with E-state index in [1.807, 2.05) is 0 Å². The molecule has 0 heterocycles. The Bertz CT molecular complexity index is 1790. The molecule has 0 spiro atoms. The van der Waals surface area contributed by atoms with Crippen LogP contribution in [0, 0.1) is 17.8 Å². The molecular formula is C42H71N11O12. The van der Waals surface area contributed by atoms with E-state index in [4.69, 9.17) is 17.2 Å². The molecular weight excluding hydrogens is 851 g/mol. The number of guanidine groups is 1. The van der Waals surface area contributed by atoms with Crippen LogP contribution in [-0.2, 0) is 44.8 Å². The smallest absolute Gasteiger partial charge is 0.326 e. The molecule has 0 aromatic heterocycles. The molecule has 0 fully saturated rings. The van der Waals surface area contributed by atoms with Gasteiger partial charge in [0.05, 0.1) is 24.8 Å². The lowest BCUT2D eigenvalue weighted by molar-refractivity contribution is -0.143. The fourth-order valence-corrected chi connectivity index (χ4v) is 6.24. The van der Waals surface area contributed by atoms with Crippen molar-refractivity contribution < 1.29 is 58.8 Å². The minimum Gasteiger partial charge on any atom is -0.508 e. The molecule has 11 atom stereocenters. The number of nitrogens with two attached hydrogens (primary N) is 3. The van der Waals surface area contributed by atoms with Gasteiger partial charge in [-0.2, -0.15) is 0 Å². The van der Waals surface area contributed by atoms with Crippen molar-refractivity contribution in [1.29, 1.82) is 0 Å². The third-order valence-corrected chi connectivity index (χ3v) is 10.7. The number of aliphatic imine (C=N–C) groups is 1. The molecule has 23 nitrogen and oxygen atoms in total. The molecule has 17 N–H and O–H groups in total. The summed E-state index contributed by atoms with van der Waals surface area (Å²) in [6.45, 7) is 11.8. The van der Waals surface area contributed by atoms with Gasteiger partial charge in [0.2, 0.25) is 41.4 Å². The Morgan fingerprint density at radius 3 is 1.51 bits per heavy atom. The number of phenolic OH excluding ortho intramolecular Hbond substituents is 1. The van der Waals surface area contributed by atoms with Crippen molar-refractivity contribution in [2.24, 2.45) is 39.9 Å². The van der Waals surface area contributed by atoms with E-state index in [1.54, 1.807) is 53.7 Å². The molecule has 1 aromatic carbocycles. The molecule has 23 heteroatoms. The quantitative estimate of drug-likeness (QED) is 0.0225. The van der Waals surface area contributed by atoms with Gasteiger partial charge in [-0.25, -0.2) is 4.79 Å². The van der Waals surface area contributed by atoms with Gasteiger partial charge in [-0.15, -0.1) is 0 Å². The molecule has 0 aliphatic rings. The van der Waals surface area contributed by atoms with Crippen molar-refractivity contribution in [2.45, 2.75) is 142 Å². The SMILES string of the molecule is CC[C@H](C)[C@H](NC(=O)[C@@H](NC(=O)[C@@H](NC(=O)[C@@H](NC(=O)[C@@H](N)Cc1ccc(O)cc1)[C@@H](C)O)[C@@H](C)CC)[C@@H](C)O)C(=O)N[C@@H](CCCN=C(N)N)C(=O)NCC(=O)N[C@H](C(=O)O)C(C)C. The second-order valence-electron chi connectivity index (χ2n) is 16.5. The van der Waals surface area contributed by atoms with Crippen LogP contribution >= 0.6 is 0 Å². The number of nitrogens with zero attached hydrogens (tertiary/aromatic N) is 1. The number of carbonyl (C=O) groups is 8. The maximum absolute atomic E-state index is 13.9. The Morgan fingerprint density at radius 2 is 1.08 bits per heavy atom. The molecule has 7 amide bonds. The summed E-state index contributed by atoms with van der Waals surface area (Å²) in [7, 11) is 0. The zero-order valence-corrected chi connectivity index (χ0v) is 38.4. The van der Waals surface area contributed by atoms with Crippen molar-refractivity contribution >= 4 is 53.3 Å². The second kappa shape index (κ2) is 28.0. The van der Waals surface area contributed by atoms with Gasteiger partial charge in [0, 0.05) is 6.54 Å². The van der Waals surface area contributed by atoms with Crippen molar-refractivity contribution in [3.63, 3.8) is 0 Å². The Kier molecular flexibility index (Phi) is 24.5. The van der Waals surface area contributed by atoms with Crippen molar-refractivity contribution in [3.8, 4) is 5.75 Å². The average Bonchev–Trinajstić information content (AvgIpc) is 3.23. The van der Waals surface area contributed by atoms with Crippen LogP contribution in [0.3, 0.4) is 0 Å². The predicted octanol–water partition coefficient (Wildman–Crippen LogP) is -3.07. The third-order valence-electron chi connectivity index (χ3n) is 10.7. The second-order valence-corrected chi connectivity index (χ2v) is 16.5. The highest BCUT2D eigenvalue weighted by Gasteiger charge is 2.38. The summed E-state index contributed by atoms with van der Waals surface area (Å²) in [4.78, 5) is 110. The molecule has 0 aliphatic carbocycles. The Balaban J connectivity index is 3.27. The number of aromatic hydroxyl groups is 1. The minimum absolute atomic E-state index is 0.0149. The first-order chi connectivity index (χ1) is 30.3. The van der Waals surface area contributed by atoms with E-state index < -0.39 is 126 Å². The summed E-state index contributed by atoms with van der Waals surface area (Å²) in [5.74, 6) is -9.19. The fraction of sp³-hybridized carbons (Fsp3) is 0.643. The normalized spacial score (nSPS) is 16.2. The number of aliphatic hydroxyl groups is 2. The first-order valence-electron chi connectivity index (χ1n) is 21.6. The maximum Gasteiger partial charge on any atom is 0.326 e. The van der Waals surface area contributed by atoms with Gasteiger partial charge >= 0.3 is 5.97 Å². The molecule has 1 rings (SSSR count). The van der Waals surface area contributed by atoms with Crippen LogP contribution in [0.25, 0.3) is 0 Å². The number of aliphatic carboxylic acids is 1. The first-order valence-corrected chi connectivity index (χ1v) is 21.6. The third kappa shape index (κ3) is 19.7. The van der Waals surface area contributed by atoms with Crippen molar-refractivity contribution in [1.82, 2.24) is 37.2 Å². The van der Waals surface area contributed by atoms with Crippen LogP contribution < -0.4 is 54.4 Å². The number of amides is 7. The van der Waals surface area contributed by atoms with Gasteiger partial charge in [-0.05, 0) is 68.6 Å². The Morgan fingerprint density at radius 1 is 0.631 bits per heavy atom. The fourth-order valence-electron chi connectivity index (χ4n) is 6.24. The molecule has 0 saturated carbocycles. The van der Waals surface area contributed by atoms with E-state index in [2.05, 4.69) is 42.2 Å². The van der Waals surface area contributed by atoms with Gasteiger partial charge in [-0.1, -0.05) is 66.5 Å². The Labute approximate surface area is 379 Å². The summed E-state index contributed by atoms with van der Waals surface area (Å²) < 4.78 is 0. The zero-order valence-electron chi connectivity index (χ0n) is 38.4. The van der Waals surface area contributed by atoms with E-state index in [-0.39, 0.29) is 37.5 Å². The van der Waals surface area contributed by atoms with Gasteiger partial charge in [0.15, 0.2) is 5.96 Å². The van der Waals surface area contributed by atoms with E-state index in [1.165, 1.54) is 26.0 Å². The molecule has 0 saturated heterocycles. The Hall–Kier alpha value is -6.07. The number of carboxylic acids is 1. The summed E-state index contributed by atoms with van der Waals surface area (Å²) in [6, 6.07) is -3.67. The van der Waals surface area contributed by atoms with Gasteiger partial charge < -0.3 is 74.8 Å².